The molecule has 2 N–H and O–H groups in total. The minimum absolute atomic E-state index is 0.107. The zero-order chi connectivity index (χ0) is 25.5. The van der Waals surface area contributed by atoms with Gasteiger partial charge in [-0.15, -0.1) is 0 Å². The van der Waals surface area contributed by atoms with Crippen molar-refractivity contribution in [2.24, 2.45) is 5.92 Å². The van der Waals surface area contributed by atoms with Crippen LogP contribution >= 0.6 is 0 Å². The van der Waals surface area contributed by atoms with E-state index in [9.17, 15) is 19.5 Å². The van der Waals surface area contributed by atoms with E-state index in [4.69, 9.17) is 9.47 Å². The molecule has 2 amide bonds. The van der Waals surface area contributed by atoms with Gasteiger partial charge in [-0.2, -0.15) is 0 Å². The van der Waals surface area contributed by atoms with Gasteiger partial charge < -0.3 is 19.9 Å². The third kappa shape index (κ3) is 4.50. The van der Waals surface area contributed by atoms with Crippen LogP contribution in [0.2, 0.25) is 0 Å². The maximum atomic E-state index is 13.5. The van der Waals surface area contributed by atoms with Crippen molar-refractivity contribution < 1.29 is 29.0 Å². The van der Waals surface area contributed by atoms with Gasteiger partial charge in [0.05, 0.1) is 6.10 Å². The van der Waals surface area contributed by atoms with Crippen molar-refractivity contribution >= 4 is 18.0 Å². The van der Waals surface area contributed by atoms with Crippen LogP contribution in [0.15, 0.2) is 48.5 Å². The molecule has 2 aromatic carbocycles. The molecule has 186 valence electrons. The summed E-state index contributed by atoms with van der Waals surface area (Å²) >= 11 is 0. The van der Waals surface area contributed by atoms with Gasteiger partial charge in [-0.1, -0.05) is 62.4 Å². The van der Waals surface area contributed by atoms with Gasteiger partial charge in [0.25, 0.3) is 0 Å². The number of fused-ring (bicyclic) bond motifs is 3. The second kappa shape index (κ2) is 9.34. The molecule has 0 spiro atoms. The molecule has 1 fully saturated rings. The number of nitrogens with one attached hydrogen (secondary N) is 1. The van der Waals surface area contributed by atoms with Gasteiger partial charge in [-0.25, -0.2) is 9.59 Å². The number of carboxylic acids is 1. The number of carbonyl (C=O) groups is 3. The lowest BCUT2D eigenvalue weighted by Crippen LogP contribution is -2.59. The van der Waals surface area contributed by atoms with Crippen molar-refractivity contribution in [2.75, 3.05) is 6.61 Å². The monoisotopic (exact) mass is 480 g/mol. The van der Waals surface area contributed by atoms with E-state index < -0.39 is 41.9 Å². The molecule has 1 saturated heterocycles. The summed E-state index contributed by atoms with van der Waals surface area (Å²) in [5, 5.41) is 12.4. The number of carbonyl (C=O) groups excluding carboxylic acids is 2. The summed E-state index contributed by atoms with van der Waals surface area (Å²) in [6, 6.07) is 14.0. The topological polar surface area (TPSA) is 105 Å². The molecule has 0 unspecified atom stereocenters. The molecule has 8 nitrogen and oxygen atoms in total. The van der Waals surface area contributed by atoms with Crippen molar-refractivity contribution in [3.63, 3.8) is 0 Å². The highest BCUT2D eigenvalue weighted by atomic mass is 16.6. The van der Waals surface area contributed by atoms with Crippen LogP contribution in [0.3, 0.4) is 0 Å². The van der Waals surface area contributed by atoms with Crippen LogP contribution in [-0.4, -0.2) is 58.5 Å². The molecular weight excluding hydrogens is 448 g/mol. The number of nitrogens with zero attached hydrogens (tertiary/aromatic N) is 1. The Labute approximate surface area is 205 Å². The van der Waals surface area contributed by atoms with Crippen LogP contribution < -0.4 is 5.32 Å². The fourth-order valence-electron chi connectivity index (χ4n) is 5.27. The summed E-state index contributed by atoms with van der Waals surface area (Å²) in [6.45, 7) is 8.61. The first-order chi connectivity index (χ1) is 16.5. The lowest BCUT2D eigenvalue weighted by molar-refractivity contribution is -0.157. The molecule has 1 aliphatic heterocycles. The highest BCUT2D eigenvalue weighted by molar-refractivity contribution is 5.90. The van der Waals surface area contributed by atoms with Gasteiger partial charge in [-0.3, -0.25) is 9.69 Å². The van der Waals surface area contributed by atoms with E-state index in [2.05, 4.69) is 17.4 Å². The molecule has 0 saturated carbocycles. The first-order valence-electron chi connectivity index (χ1n) is 11.9. The number of aliphatic carboxylic acids is 1. The quantitative estimate of drug-likeness (QED) is 0.648. The predicted molar refractivity (Wildman–Crippen MR) is 130 cm³/mol. The third-order valence-corrected chi connectivity index (χ3v) is 6.82. The summed E-state index contributed by atoms with van der Waals surface area (Å²) in [7, 11) is 0. The maximum Gasteiger partial charge on any atom is 0.407 e. The van der Waals surface area contributed by atoms with E-state index in [0.717, 1.165) is 22.3 Å². The standard InChI is InChI=1S/C27H32N2O6/c1-15(2)22(24(30)29-23(25(31)32)16(3)35-27(29,4)5)28-26(33)34-14-21-19-12-8-6-10-17(19)18-11-7-9-13-20(18)21/h6-13,15-16,21-23H,14H2,1-5H3,(H,28,33)(H,31,32)/t16-,22+,23+/m1/s1. The number of ether oxygens (including phenoxy) is 2. The Morgan fingerprint density at radius 2 is 1.60 bits per heavy atom. The fraction of sp³-hybridized carbons (Fsp3) is 0.444. The minimum atomic E-state index is -1.15. The van der Waals surface area contributed by atoms with Crippen molar-refractivity contribution in [3.8, 4) is 11.1 Å². The zero-order valence-corrected chi connectivity index (χ0v) is 20.6. The highest BCUT2D eigenvalue weighted by Crippen LogP contribution is 2.44. The van der Waals surface area contributed by atoms with Crippen LogP contribution in [0, 0.1) is 5.92 Å². The molecule has 1 heterocycles. The van der Waals surface area contributed by atoms with Crippen molar-refractivity contribution in [2.45, 2.75) is 64.4 Å². The summed E-state index contributed by atoms with van der Waals surface area (Å²) in [6.07, 6.45) is -1.41. The second-order valence-electron chi connectivity index (χ2n) is 9.95. The normalized spacial score (nSPS) is 21.4. The minimum Gasteiger partial charge on any atom is -0.480 e. The van der Waals surface area contributed by atoms with Crippen LogP contribution in [-0.2, 0) is 19.1 Å². The number of alkyl carbamates (subject to hydrolysis) is 1. The number of benzene rings is 2. The van der Waals surface area contributed by atoms with Crippen molar-refractivity contribution in [1.29, 1.82) is 0 Å². The van der Waals surface area contributed by atoms with Crippen LogP contribution in [0.25, 0.3) is 11.1 Å². The zero-order valence-electron chi connectivity index (χ0n) is 20.6. The Hall–Kier alpha value is -3.39. The molecule has 2 aromatic rings. The van der Waals surface area contributed by atoms with Crippen LogP contribution in [0.4, 0.5) is 4.79 Å². The number of hydrogen-bond acceptors (Lipinski definition) is 5. The van der Waals surface area contributed by atoms with Gasteiger partial charge in [0, 0.05) is 5.92 Å². The summed E-state index contributed by atoms with van der Waals surface area (Å²) in [5.74, 6) is -2.08. The van der Waals surface area contributed by atoms with Gasteiger partial charge in [0.15, 0.2) is 6.04 Å². The van der Waals surface area contributed by atoms with Crippen LogP contribution in [0.5, 0.6) is 0 Å². The first-order valence-corrected chi connectivity index (χ1v) is 11.9. The van der Waals surface area contributed by atoms with E-state index in [1.165, 1.54) is 4.90 Å². The van der Waals surface area contributed by atoms with E-state index in [1.54, 1.807) is 34.6 Å². The van der Waals surface area contributed by atoms with Gasteiger partial charge >= 0.3 is 12.1 Å². The molecule has 0 radical (unpaired) electrons. The molecule has 0 aromatic heterocycles. The molecule has 35 heavy (non-hydrogen) atoms. The lowest BCUT2D eigenvalue weighted by atomic mass is 9.98. The fourth-order valence-corrected chi connectivity index (χ4v) is 5.27. The smallest absolute Gasteiger partial charge is 0.407 e. The van der Waals surface area contributed by atoms with E-state index in [-0.39, 0.29) is 18.4 Å². The molecule has 4 rings (SSSR count). The molecular formula is C27H32N2O6. The Morgan fingerprint density at radius 1 is 1.06 bits per heavy atom. The number of rotatable bonds is 6. The van der Waals surface area contributed by atoms with Gasteiger partial charge in [0.2, 0.25) is 5.91 Å². The Morgan fingerprint density at radius 3 is 2.11 bits per heavy atom. The summed E-state index contributed by atoms with van der Waals surface area (Å²) < 4.78 is 11.4. The predicted octanol–water partition coefficient (Wildman–Crippen LogP) is 3.99. The van der Waals surface area contributed by atoms with Crippen LogP contribution in [0.1, 0.15) is 51.7 Å². The summed E-state index contributed by atoms with van der Waals surface area (Å²) in [5.41, 5.74) is 3.30. The van der Waals surface area contributed by atoms with Gasteiger partial charge in [0.1, 0.15) is 18.4 Å². The number of carboxylic acid groups (broad SMARTS) is 1. The Kier molecular flexibility index (Phi) is 6.60. The molecule has 1 aliphatic carbocycles. The highest BCUT2D eigenvalue weighted by Gasteiger charge is 2.53. The second-order valence-corrected chi connectivity index (χ2v) is 9.95. The van der Waals surface area contributed by atoms with Gasteiger partial charge in [-0.05, 0) is 48.9 Å². The molecule has 8 heteroatoms. The third-order valence-electron chi connectivity index (χ3n) is 6.82. The van der Waals surface area contributed by atoms with Crippen molar-refractivity contribution in [3.05, 3.63) is 59.7 Å². The van der Waals surface area contributed by atoms with Crippen molar-refractivity contribution in [1.82, 2.24) is 10.2 Å². The average molecular weight is 481 g/mol. The first kappa shape index (κ1) is 24.7. The summed E-state index contributed by atoms with van der Waals surface area (Å²) in [4.78, 5) is 39.5. The molecule has 3 atom stereocenters. The SMILES string of the molecule is CC(C)[C@H](NC(=O)OCC1c2ccccc2-c2ccccc21)C(=O)N1[C@H](C(=O)O)[C@@H](C)OC1(C)C. The van der Waals surface area contributed by atoms with E-state index in [1.807, 2.05) is 36.4 Å². The van der Waals surface area contributed by atoms with E-state index in [0.29, 0.717) is 0 Å². The lowest BCUT2D eigenvalue weighted by Gasteiger charge is -2.36. The Balaban J connectivity index is 1.49. The maximum absolute atomic E-state index is 13.5. The number of amides is 2. The molecule has 2 aliphatic rings. The molecule has 0 bridgehead atoms. The Bertz CT molecular complexity index is 1100. The van der Waals surface area contributed by atoms with E-state index >= 15 is 0 Å². The average Bonchev–Trinajstić information content (AvgIpc) is 3.25. The number of hydrogen-bond donors (Lipinski definition) is 2. The largest absolute Gasteiger partial charge is 0.480 e.